The van der Waals surface area contributed by atoms with Crippen LogP contribution in [0, 0.1) is 6.92 Å². The van der Waals surface area contributed by atoms with Gasteiger partial charge in [-0.2, -0.15) is 10.2 Å². The van der Waals surface area contributed by atoms with E-state index in [0.29, 0.717) is 23.0 Å². The van der Waals surface area contributed by atoms with Crippen LogP contribution in [0.2, 0.25) is 0 Å². The molecule has 0 atom stereocenters. The first-order valence-electron chi connectivity index (χ1n) is 10.6. The molecule has 0 saturated heterocycles. The monoisotopic (exact) mass is 460 g/mol. The van der Waals surface area contributed by atoms with E-state index >= 15 is 0 Å². The number of aryl methyl sites for hydroxylation is 1. The van der Waals surface area contributed by atoms with Crippen molar-refractivity contribution in [1.29, 1.82) is 0 Å². The van der Waals surface area contributed by atoms with Crippen LogP contribution in [0.1, 0.15) is 39.2 Å². The van der Waals surface area contributed by atoms with Crippen LogP contribution < -0.4 is 5.32 Å². The summed E-state index contributed by atoms with van der Waals surface area (Å²) < 4.78 is 1.87. The van der Waals surface area contributed by atoms with Gasteiger partial charge in [0, 0.05) is 49.4 Å². The van der Waals surface area contributed by atoms with E-state index in [0.717, 1.165) is 17.8 Å². The largest absolute Gasteiger partial charge is 0.508 e. The van der Waals surface area contributed by atoms with Crippen LogP contribution >= 0.6 is 0 Å². The summed E-state index contributed by atoms with van der Waals surface area (Å²) in [6, 6.07) is 6.06. The number of rotatable bonds is 6. The molecule has 0 aliphatic rings. The number of carbonyl (C=O) groups is 2. The molecule has 0 radical (unpaired) electrons. The Morgan fingerprint density at radius 1 is 1.18 bits per heavy atom. The minimum Gasteiger partial charge on any atom is -0.508 e. The third-order valence-corrected chi connectivity index (χ3v) is 5.51. The topological polar surface area (TPSA) is 139 Å². The molecular weight excluding hydrogens is 436 g/mol. The summed E-state index contributed by atoms with van der Waals surface area (Å²) in [5, 5.41) is 25.0. The number of aromatic hydroxyl groups is 1. The number of fused-ring (bicyclic) bond motifs is 1. The summed E-state index contributed by atoms with van der Waals surface area (Å²) >= 11 is 0. The van der Waals surface area contributed by atoms with Crippen molar-refractivity contribution in [2.45, 2.75) is 26.9 Å². The number of carbonyl (C=O) groups excluding carboxylic acids is 2. The highest BCUT2D eigenvalue weighted by Gasteiger charge is 2.22. The lowest BCUT2D eigenvalue weighted by molar-refractivity contribution is 0.0781. The standard InChI is InChI=1S/C23H24N8O3/c1-5-31-13(2)15(11-26-31)12-30(4)23(34)20-17-9-16(32)6-7-18(17)27-21(28-20)14-8-19(22(33)24-3)29-25-10-14/h6-11,32H,5,12H2,1-4H3,(H,24,33). The van der Waals surface area contributed by atoms with Crippen molar-refractivity contribution in [2.75, 3.05) is 14.1 Å². The fourth-order valence-corrected chi connectivity index (χ4v) is 3.60. The van der Waals surface area contributed by atoms with Gasteiger partial charge in [-0.05, 0) is 38.1 Å². The molecule has 0 saturated carbocycles. The minimum atomic E-state index is -0.404. The normalized spacial score (nSPS) is 10.9. The van der Waals surface area contributed by atoms with E-state index in [4.69, 9.17) is 0 Å². The van der Waals surface area contributed by atoms with Crippen molar-refractivity contribution in [1.82, 2.24) is 40.2 Å². The molecule has 0 fully saturated rings. The number of hydrogen-bond acceptors (Lipinski definition) is 8. The summed E-state index contributed by atoms with van der Waals surface area (Å²) in [4.78, 5) is 36.1. The molecule has 2 N–H and O–H groups in total. The van der Waals surface area contributed by atoms with Crippen LogP contribution in [0.15, 0.2) is 36.7 Å². The van der Waals surface area contributed by atoms with Gasteiger partial charge in [0.05, 0.1) is 17.9 Å². The van der Waals surface area contributed by atoms with Crippen LogP contribution in [-0.4, -0.2) is 65.9 Å². The Bertz CT molecular complexity index is 1400. The Balaban J connectivity index is 1.78. The van der Waals surface area contributed by atoms with E-state index in [-0.39, 0.29) is 28.9 Å². The summed E-state index contributed by atoms with van der Waals surface area (Å²) in [6.45, 7) is 5.03. The number of hydrogen-bond donors (Lipinski definition) is 2. The maximum atomic E-state index is 13.5. The zero-order valence-electron chi connectivity index (χ0n) is 19.3. The number of amides is 2. The van der Waals surface area contributed by atoms with E-state index in [9.17, 15) is 14.7 Å². The van der Waals surface area contributed by atoms with Gasteiger partial charge in [-0.15, -0.1) is 5.10 Å². The van der Waals surface area contributed by atoms with Crippen LogP contribution in [0.5, 0.6) is 5.75 Å². The summed E-state index contributed by atoms with van der Waals surface area (Å²) in [6.07, 6.45) is 3.18. The molecule has 0 spiro atoms. The molecule has 0 unspecified atom stereocenters. The number of phenols is 1. The second-order valence-electron chi connectivity index (χ2n) is 7.74. The molecule has 2 amide bonds. The predicted molar refractivity (Wildman–Crippen MR) is 124 cm³/mol. The molecular formula is C23H24N8O3. The minimum absolute atomic E-state index is 0.00639. The first-order chi connectivity index (χ1) is 16.3. The predicted octanol–water partition coefficient (Wildman–Crippen LogP) is 1.95. The van der Waals surface area contributed by atoms with Gasteiger partial charge >= 0.3 is 0 Å². The molecule has 0 bridgehead atoms. The van der Waals surface area contributed by atoms with Crippen molar-refractivity contribution >= 4 is 22.7 Å². The Morgan fingerprint density at radius 2 is 1.97 bits per heavy atom. The van der Waals surface area contributed by atoms with Gasteiger partial charge in [0.15, 0.2) is 11.5 Å². The maximum absolute atomic E-state index is 13.5. The SMILES string of the molecule is CCn1ncc(CN(C)C(=O)c2nc(-c3cnnc(C(=O)NC)c3)nc3ccc(O)cc23)c1C. The van der Waals surface area contributed by atoms with Gasteiger partial charge in [-0.1, -0.05) is 0 Å². The lowest BCUT2D eigenvalue weighted by atomic mass is 10.1. The van der Waals surface area contributed by atoms with Crippen LogP contribution in [0.4, 0.5) is 0 Å². The summed E-state index contributed by atoms with van der Waals surface area (Å²) in [5.74, 6) is -0.548. The smallest absolute Gasteiger partial charge is 0.273 e. The first kappa shape index (κ1) is 22.8. The van der Waals surface area contributed by atoms with E-state index < -0.39 is 5.91 Å². The van der Waals surface area contributed by atoms with Crippen molar-refractivity contribution in [3.8, 4) is 17.1 Å². The highest BCUT2D eigenvalue weighted by molar-refractivity contribution is 6.05. The molecule has 4 aromatic rings. The molecule has 1 aromatic carbocycles. The molecule has 11 heteroatoms. The van der Waals surface area contributed by atoms with Crippen molar-refractivity contribution in [3.05, 3.63) is 59.3 Å². The molecule has 3 aromatic heterocycles. The second-order valence-corrected chi connectivity index (χ2v) is 7.74. The fraction of sp³-hybridized carbons (Fsp3) is 0.261. The zero-order chi connectivity index (χ0) is 24.4. The summed E-state index contributed by atoms with van der Waals surface area (Å²) in [7, 11) is 3.17. The van der Waals surface area contributed by atoms with Gasteiger partial charge < -0.3 is 15.3 Å². The molecule has 34 heavy (non-hydrogen) atoms. The van der Waals surface area contributed by atoms with Crippen LogP contribution in [-0.2, 0) is 13.1 Å². The molecule has 4 rings (SSSR count). The van der Waals surface area contributed by atoms with Crippen molar-refractivity contribution < 1.29 is 14.7 Å². The highest BCUT2D eigenvalue weighted by atomic mass is 16.3. The van der Waals surface area contributed by atoms with E-state index in [2.05, 4.69) is 30.6 Å². The lowest BCUT2D eigenvalue weighted by Gasteiger charge is -2.18. The molecule has 0 aliphatic heterocycles. The summed E-state index contributed by atoms with van der Waals surface area (Å²) in [5.41, 5.74) is 3.03. The van der Waals surface area contributed by atoms with Crippen LogP contribution in [0.25, 0.3) is 22.3 Å². The highest BCUT2D eigenvalue weighted by Crippen LogP contribution is 2.26. The van der Waals surface area contributed by atoms with E-state index in [1.807, 2.05) is 18.5 Å². The maximum Gasteiger partial charge on any atom is 0.273 e. The van der Waals surface area contributed by atoms with Crippen LogP contribution in [0.3, 0.4) is 0 Å². The van der Waals surface area contributed by atoms with E-state index in [1.165, 1.54) is 31.4 Å². The number of nitrogens with zero attached hydrogens (tertiary/aromatic N) is 7. The fourth-order valence-electron chi connectivity index (χ4n) is 3.60. The quantitative estimate of drug-likeness (QED) is 0.445. The Morgan fingerprint density at radius 3 is 2.68 bits per heavy atom. The third-order valence-electron chi connectivity index (χ3n) is 5.51. The van der Waals surface area contributed by atoms with Crippen molar-refractivity contribution in [2.24, 2.45) is 0 Å². The Hall–Kier alpha value is -4.41. The average Bonchev–Trinajstić information content (AvgIpc) is 3.21. The average molecular weight is 460 g/mol. The zero-order valence-corrected chi connectivity index (χ0v) is 19.3. The molecule has 3 heterocycles. The first-order valence-corrected chi connectivity index (χ1v) is 10.6. The lowest BCUT2D eigenvalue weighted by Crippen LogP contribution is -2.28. The van der Waals surface area contributed by atoms with Gasteiger partial charge in [0.25, 0.3) is 11.8 Å². The number of phenolic OH excluding ortho intramolecular Hbond substituents is 1. The van der Waals surface area contributed by atoms with Gasteiger partial charge in [0.1, 0.15) is 11.4 Å². The van der Waals surface area contributed by atoms with Crippen molar-refractivity contribution in [3.63, 3.8) is 0 Å². The van der Waals surface area contributed by atoms with Gasteiger partial charge in [-0.25, -0.2) is 9.97 Å². The van der Waals surface area contributed by atoms with E-state index in [1.54, 1.807) is 24.2 Å². The molecule has 174 valence electrons. The Labute approximate surface area is 195 Å². The van der Waals surface area contributed by atoms with Gasteiger partial charge in [0.2, 0.25) is 0 Å². The molecule has 0 aliphatic carbocycles. The Kier molecular flexibility index (Phi) is 6.17. The number of nitrogens with one attached hydrogen (secondary N) is 1. The molecule has 11 nitrogen and oxygen atoms in total. The third kappa shape index (κ3) is 4.27. The second kappa shape index (κ2) is 9.22. The number of aromatic nitrogens is 6. The number of benzene rings is 1. The van der Waals surface area contributed by atoms with Gasteiger partial charge in [-0.3, -0.25) is 14.3 Å².